The second-order valence-electron chi connectivity index (χ2n) is 7.57. The molecule has 0 spiro atoms. The number of hydrogen-bond donors (Lipinski definition) is 2. The maximum absolute atomic E-state index is 12.1. The van der Waals surface area contributed by atoms with Crippen LogP contribution in [0.15, 0.2) is 72.8 Å². The van der Waals surface area contributed by atoms with Gasteiger partial charge >= 0.3 is 0 Å². The van der Waals surface area contributed by atoms with Gasteiger partial charge in [-0.15, -0.1) is 0 Å². The molecule has 0 radical (unpaired) electrons. The van der Waals surface area contributed by atoms with Gasteiger partial charge in [0.25, 0.3) is 11.4 Å². The maximum Gasteiger partial charge on any atom is 0.269 e. The Kier molecular flexibility index (Phi) is 8.01. The molecule has 3 rings (SSSR count). The van der Waals surface area contributed by atoms with Crippen LogP contribution in [-0.4, -0.2) is 21.7 Å². The number of rotatable bonds is 10. The summed E-state index contributed by atoms with van der Waals surface area (Å²) in [5.74, 6) is -0.395. The van der Waals surface area contributed by atoms with Gasteiger partial charge in [0, 0.05) is 37.4 Å². The van der Waals surface area contributed by atoms with Gasteiger partial charge in [0.2, 0.25) is 11.8 Å². The molecule has 0 aromatic heterocycles. The van der Waals surface area contributed by atoms with Crippen molar-refractivity contribution in [2.24, 2.45) is 0 Å². The molecule has 10 heteroatoms. The van der Waals surface area contributed by atoms with Crippen LogP contribution >= 0.6 is 0 Å². The van der Waals surface area contributed by atoms with Crippen LogP contribution in [0.2, 0.25) is 0 Å². The molecule has 0 aliphatic heterocycles. The largest absolute Gasteiger partial charge is 0.352 e. The van der Waals surface area contributed by atoms with E-state index in [1.165, 1.54) is 24.3 Å². The van der Waals surface area contributed by atoms with Crippen LogP contribution in [0, 0.1) is 20.2 Å². The summed E-state index contributed by atoms with van der Waals surface area (Å²) < 4.78 is 0. The lowest BCUT2D eigenvalue weighted by molar-refractivity contribution is -0.385. The quantitative estimate of drug-likeness (QED) is 0.350. The average Bonchev–Trinajstić information content (AvgIpc) is 2.83. The Bertz CT molecular complexity index is 1080. The molecular formula is C24H22N4O6. The van der Waals surface area contributed by atoms with Crippen molar-refractivity contribution in [3.05, 3.63) is 115 Å². The molecule has 3 aromatic carbocycles. The standard InChI is InChI=1S/C24H22N4O6/c29-23(13-17-5-9-21(10-6-17)27(31)32)25-15-19-1-2-20(4-3-19)16-26-24(30)14-18-7-11-22(12-8-18)28(33)34/h1-12H,13-16H2,(H,25,29)(H,26,30). The SMILES string of the molecule is O=C(Cc1ccc([N+](=O)[O-])cc1)NCc1ccc(CNC(=O)Cc2ccc([N+](=O)[O-])cc2)cc1. The lowest BCUT2D eigenvalue weighted by Crippen LogP contribution is -2.25. The van der Waals surface area contributed by atoms with Gasteiger partial charge in [-0.05, 0) is 22.3 Å². The molecule has 0 heterocycles. The first-order chi connectivity index (χ1) is 16.3. The molecule has 174 valence electrons. The van der Waals surface area contributed by atoms with Crippen LogP contribution in [0.4, 0.5) is 11.4 Å². The number of carbonyl (C=O) groups is 2. The summed E-state index contributed by atoms with van der Waals surface area (Å²) in [5.41, 5.74) is 3.10. The predicted octanol–water partition coefficient (Wildman–Crippen LogP) is 3.22. The van der Waals surface area contributed by atoms with E-state index in [9.17, 15) is 29.8 Å². The van der Waals surface area contributed by atoms with Gasteiger partial charge in [-0.1, -0.05) is 48.5 Å². The molecule has 10 nitrogen and oxygen atoms in total. The monoisotopic (exact) mass is 462 g/mol. The Hall–Kier alpha value is -4.60. The summed E-state index contributed by atoms with van der Waals surface area (Å²) in [7, 11) is 0. The van der Waals surface area contributed by atoms with Gasteiger partial charge in [-0.3, -0.25) is 29.8 Å². The third kappa shape index (κ3) is 7.23. The second-order valence-corrected chi connectivity index (χ2v) is 7.57. The van der Waals surface area contributed by atoms with E-state index >= 15 is 0 Å². The highest BCUT2D eigenvalue weighted by Gasteiger charge is 2.09. The number of nitrogens with one attached hydrogen (secondary N) is 2. The van der Waals surface area contributed by atoms with Crippen molar-refractivity contribution in [3.8, 4) is 0 Å². The van der Waals surface area contributed by atoms with Crippen molar-refractivity contribution in [1.29, 1.82) is 0 Å². The number of carbonyl (C=O) groups excluding carboxylic acids is 2. The summed E-state index contributed by atoms with van der Waals surface area (Å²) in [6, 6.07) is 19.1. The summed E-state index contributed by atoms with van der Waals surface area (Å²) in [5, 5.41) is 27.0. The van der Waals surface area contributed by atoms with Crippen molar-refractivity contribution >= 4 is 23.2 Å². The molecule has 0 unspecified atom stereocenters. The fourth-order valence-electron chi connectivity index (χ4n) is 3.14. The molecule has 0 bridgehead atoms. The van der Waals surface area contributed by atoms with E-state index in [0.717, 1.165) is 11.1 Å². The van der Waals surface area contributed by atoms with E-state index in [1.54, 1.807) is 24.3 Å². The molecule has 34 heavy (non-hydrogen) atoms. The van der Waals surface area contributed by atoms with E-state index in [2.05, 4.69) is 10.6 Å². The molecule has 0 saturated heterocycles. The Morgan fingerprint density at radius 3 is 1.15 bits per heavy atom. The van der Waals surface area contributed by atoms with Crippen molar-refractivity contribution in [2.45, 2.75) is 25.9 Å². The molecule has 0 saturated carbocycles. The topological polar surface area (TPSA) is 144 Å². The van der Waals surface area contributed by atoms with Gasteiger partial charge in [-0.2, -0.15) is 0 Å². The molecule has 2 N–H and O–H groups in total. The number of nitro groups is 2. The zero-order valence-electron chi connectivity index (χ0n) is 18.1. The first kappa shape index (κ1) is 24.1. The molecule has 0 atom stereocenters. The van der Waals surface area contributed by atoms with Gasteiger partial charge < -0.3 is 10.6 Å². The van der Waals surface area contributed by atoms with Crippen LogP contribution in [0.3, 0.4) is 0 Å². The van der Waals surface area contributed by atoms with Crippen LogP contribution in [-0.2, 0) is 35.5 Å². The Labute approximate surface area is 194 Å². The number of benzene rings is 3. The highest BCUT2D eigenvalue weighted by Crippen LogP contribution is 2.13. The number of hydrogen-bond acceptors (Lipinski definition) is 6. The highest BCUT2D eigenvalue weighted by molar-refractivity contribution is 5.79. The molecule has 0 aliphatic rings. The van der Waals surface area contributed by atoms with Crippen LogP contribution in [0.5, 0.6) is 0 Å². The van der Waals surface area contributed by atoms with Crippen molar-refractivity contribution < 1.29 is 19.4 Å². The van der Waals surface area contributed by atoms with Crippen LogP contribution < -0.4 is 10.6 Å². The van der Waals surface area contributed by atoms with Crippen molar-refractivity contribution in [2.75, 3.05) is 0 Å². The van der Waals surface area contributed by atoms with E-state index in [0.29, 0.717) is 24.2 Å². The van der Waals surface area contributed by atoms with Gasteiger partial charge in [0.1, 0.15) is 0 Å². The summed E-state index contributed by atoms with van der Waals surface area (Å²) >= 11 is 0. The van der Waals surface area contributed by atoms with Crippen LogP contribution in [0.25, 0.3) is 0 Å². The first-order valence-electron chi connectivity index (χ1n) is 10.4. The summed E-state index contributed by atoms with van der Waals surface area (Å²) in [4.78, 5) is 44.6. The Morgan fingerprint density at radius 2 is 0.853 bits per heavy atom. The van der Waals surface area contributed by atoms with E-state index < -0.39 is 9.85 Å². The van der Waals surface area contributed by atoms with Crippen molar-refractivity contribution in [3.63, 3.8) is 0 Å². The number of amides is 2. The normalized spacial score (nSPS) is 10.4. The minimum absolute atomic E-state index is 0.0215. The molecule has 0 aliphatic carbocycles. The van der Waals surface area contributed by atoms with Gasteiger partial charge in [-0.25, -0.2) is 0 Å². The molecular weight excluding hydrogens is 440 g/mol. The second kappa shape index (κ2) is 11.3. The minimum atomic E-state index is -0.488. The minimum Gasteiger partial charge on any atom is -0.352 e. The zero-order valence-corrected chi connectivity index (χ0v) is 18.1. The molecule has 2 amide bonds. The zero-order chi connectivity index (χ0) is 24.5. The van der Waals surface area contributed by atoms with E-state index in [4.69, 9.17) is 0 Å². The fourth-order valence-corrected chi connectivity index (χ4v) is 3.14. The molecule has 3 aromatic rings. The highest BCUT2D eigenvalue weighted by atomic mass is 16.6. The van der Waals surface area contributed by atoms with Crippen LogP contribution in [0.1, 0.15) is 22.3 Å². The van der Waals surface area contributed by atoms with Gasteiger partial charge in [0.05, 0.1) is 22.7 Å². The average molecular weight is 462 g/mol. The lowest BCUT2D eigenvalue weighted by Gasteiger charge is -2.08. The predicted molar refractivity (Wildman–Crippen MR) is 124 cm³/mol. The van der Waals surface area contributed by atoms with Crippen molar-refractivity contribution in [1.82, 2.24) is 10.6 Å². The third-order valence-electron chi connectivity index (χ3n) is 5.03. The van der Waals surface area contributed by atoms with Gasteiger partial charge in [0.15, 0.2) is 0 Å². The summed E-state index contributed by atoms with van der Waals surface area (Å²) in [6.07, 6.45) is 0.244. The number of nitro benzene ring substituents is 2. The Balaban J connectivity index is 1.41. The van der Waals surface area contributed by atoms with E-state index in [1.807, 2.05) is 24.3 Å². The Morgan fingerprint density at radius 1 is 0.559 bits per heavy atom. The smallest absolute Gasteiger partial charge is 0.269 e. The van der Waals surface area contributed by atoms with E-state index in [-0.39, 0.29) is 36.0 Å². The third-order valence-corrected chi connectivity index (χ3v) is 5.03. The molecule has 0 fully saturated rings. The maximum atomic E-state index is 12.1. The fraction of sp³-hybridized carbons (Fsp3) is 0.167. The lowest BCUT2D eigenvalue weighted by atomic mass is 10.1. The number of nitrogens with zero attached hydrogens (tertiary/aromatic N) is 2. The number of non-ortho nitro benzene ring substituents is 2. The summed E-state index contributed by atoms with van der Waals surface area (Å²) in [6.45, 7) is 0.664. The first-order valence-corrected chi connectivity index (χ1v) is 10.4.